The zero-order valence-electron chi connectivity index (χ0n) is 25.6. The minimum absolute atomic E-state index is 0.0358. The van der Waals surface area contributed by atoms with Crippen LogP contribution in [0.1, 0.15) is 36.0 Å². The molecule has 16 heteroatoms. The molecular weight excluding hydrogens is 668 g/mol. The van der Waals surface area contributed by atoms with Gasteiger partial charge in [0.1, 0.15) is 5.75 Å². The second-order valence-electron chi connectivity index (χ2n) is 11.7. The third kappa shape index (κ3) is 6.42. The number of hydrogen-bond acceptors (Lipinski definition) is 6. The summed E-state index contributed by atoms with van der Waals surface area (Å²) in [6.45, 7) is 1.84. The van der Waals surface area contributed by atoms with Crippen molar-refractivity contribution in [1.29, 1.82) is 0 Å². The molecule has 2 unspecified atom stereocenters. The maximum absolute atomic E-state index is 14.0. The molecule has 2 amide bonds. The minimum Gasteiger partial charge on any atom is -0.497 e. The van der Waals surface area contributed by atoms with Crippen LogP contribution in [0, 0.1) is 6.92 Å². The lowest BCUT2D eigenvalue weighted by Gasteiger charge is -2.39. The molecule has 0 bridgehead atoms. The van der Waals surface area contributed by atoms with Gasteiger partial charge in [0.05, 0.1) is 29.8 Å². The molecule has 0 radical (unpaired) electrons. The fourth-order valence-corrected chi connectivity index (χ4v) is 7.73. The van der Waals surface area contributed by atoms with Crippen molar-refractivity contribution >= 4 is 33.2 Å². The van der Waals surface area contributed by atoms with Crippen molar-refractivity contribution in [2.24, 2.45) is 0 Å². The number of sulfonamides is 1. The highest BCUT2D eigenvalue weighted by Crippen LogP contribution is 2.51. The number of alkyl halides is 6. The van der Waals surface area contributed by atoms with E-state index < -0.39 is 58.0 Å². The van der Waals surface area contributed by atoms with E-state index in [1.165, 1.54) is 36.3 Å². The summed E-state index contributed by atoms with van der Waals surface area (Å²) in [5.74, 6) is -0.357. The molecule has 1 saturated heterocycles. The van der Waals surface area contributed by atoms with Crippen molar-refractivity contribution in [3.63, 3.8) is 0 Å². The van der Waals surface area contributed by atoms with Crippen LogP contribution in [-0.2, 0) is 31.6 Å². The highest BCUT2D eigenvalue weighted by Gasteiger charge is 2.71. The number of benzene rings is 3. The number of anilines is 2. The summed E-state index contributed by atoms with van der Waals surface area (Å²) in [6.07, 6.45) is -13.1. The van der Waals surface area contributed by atoms with Gasteiger partial charge in [-0.05, 0) is 55.7 Å². The van der Waals surface area contributed by atoms with Crippen LogP contribution >= 0.6 is 0 Å². The van der Waals surface area contributed by atoms with Crippen LogP contribution in [0.15, 0.2) is 71.6 Å². The summed E-state index contributed by atoms with van der Waals surface area (Å²) >= 11 is 0. The van der Waals surface area contributed by atoms with Crippen molar-refractivity contribution in [1.82, 2.24) is 5.32 Å². The maximum Gasteiger partial charge on any atom is 0.430 e. The van der Waals surface area contributed by atoms with Gasteiger partial charge in [0.15, 0.2) is 0 Å². The summed E-state index contributed by atoms with van der Waals surface area (Å²) in [4.78, 5) is 27.3. The summed E-state index contributed by atoms with van der Waals surface area (Å²) in [5, 5.41) is 12.7. The number of nitrogens with zero attached hydrogens (tertiary/aromatic N) is 2. The molecule has 3 aromatic carbocycles. The molecule has 0 spiro atoms. The Balaban J connectivity index is 1.45. The van der Waals surface area contributed by atoms with E-state index in [2.05, 4.69) is 5.32 Å². The standard InChI is InChI=1S/C32H31F6N3O6S/c1-19-6-11-26(12-7-19)48(45,46)41-24(10-8-20-14-21(9-13-27(20)41)30(44,31(33,34)35)32(36,37)38)17-28(42)39-22-15-29(43)40(18-22)23-4-3-5-25(16-23)47-2/h3-7,9,11-14,16,22,24,44H,8,10,15,17-18H2,1-2H3,(H,39,42). The summed E-state index contributed by atoms with van der Waals surface area (Å²) in [6, 6.07) is 12.3. The number of aryl methyl sites for hydroxylation is 2. The van der Waals surface area contributed by atoms with Gasteiger partial charge < -0.3 is 20.1 Å². The molecule has 0 saturated carbocycles. The Kier molecular flexibility index (Phi) is 9.20. The van der Waals surface area contributed by atoms with Gasteiger partial charge in [-0.3, -0.25) is 13.9 Å². The SMILES string of the molecule is COc1cccc(N2CC(NC(=O)CC3CCc4cc(C(O)(C(F)(F)F)C(F)(F)F)ccc4N3S(=O)(=O)c3ccc(C)cc3)CC2=O)c1. The fraction of sp³-hybridized carbons (Fsp3) is 0.375. The van der Waals surface area contributed by atoms with Crippen LogP contribution in [0.2, 0.25) is 0 Å². The Morgan fingerprint density at radius 3 is 2.29 bits per heavy atom. The number of carbonyl (C=O) groups excluding carboxylic acids is 2. The topological polar surface area (TPSA) is 116 Å². The predicted octanol–water partition coefficient (Wildman–Crippen LogP) is 5.14. The lowest BCUT2D eigenvalue weighted by Crippen LogP contribution is -2.54. The van der Waals surface area contributed by atoms with E-state index in [9.17, 15) is 49.5 Å². The third-order valence-electron chi connectivity index (χ3n) is 8.49. The van der Waals surface area contributed by atoms with E-state index in [0.717, 1.165) is 15.9 Å². The van der Waals surface area contributed by atoms with Crippen molar-refractivity contribution < 1.29 is 54.2 Å². The number of carbonyl (C=O) groups is 2. The molecule has 258 valence electrons. The molecule has 3 aromatic rings. The molecular formula is C32H31F6N3O6S. The summed E-state index contributed by atoms with van der Waals surface area (Å²) in [5.41, 5.74) is -5.86. The predicted molar refractivity (Wildman–Crippen MR) is 162 cm³/mol. The second kappa shape index (κ2) is 12.6. The maximum atomic E-state index is 14.0. The molecule has 2 heterocycles. The van der Waals surface area contributed by atoms with E-state index in [0.29, 0.717) is 23.6 Å². The van der Waals surface area contributed by atoms with E-state index in [1.807, 2.05) is 0 Å². The highest BCUT2D eigenvalue weighted by molar-refractivity contribution is 7.92. The van der Waals surface area contributed by atoms with Crippen molar-refractivity contribution in [2.75, 3.05) is 22.9 Å². The number of rotatable bonds is 8. The number of ether oxygens (including phenoxy) is 1. The average molecular weight is 700 g/mol. The first kappa shape index (κ1) is 35.0. The number of amides is 2. The lowest BCUT2D eigenvalue weighted by atomic mass is 9.87. The van der Waals surface area contributed by atoms with Crippen LogP contribution in [-0.4, -0.2) is 63.4 Å². The van der Waals surface area contributed by atoms with E-state index in [1.54, 1.807) is 31.2 Å². The largest absolute Gasteiger partial charge is 0.497 e. The van der Waals surface area contributed by atoms with Gasteiger partial charge in [-0.1, -0.05) is 35.9 Å². The zero-order chi connectivity index (χ0) is 35.2. The zero-order valence-corrected chi connectivity index (χ0v) is 26.4. The van der Waals surface area contributed by atoms with Crippen LogP contribution in [0.3, 0.4) is 0 Å². The van der Waals surface area contributed by atoms with Crippen LogP contribution in [0.25, 0.3) is 0 Å². The van der Waals surface area contributed by atoms with Crippen molar-refractivity contribution in [3.05, 3.63) is 83.4 Å². The van der Waals surface area contributed by atoms with Gasteiger partial charge >= 0.3 is 12.4 Å². The molecule has 9 nitrogen and oxygen atoms in total. The smallest absolute Gasteiger partial charge is 0.430 e. The number of aliphatic hydroxyl groups is 1. The molecule has 2 atom stereocenters. The van der Waals surface area contributed by atoms with E-state index in [-0.39, 0.29) is 47.9 Å². The number of methoxy groups -OCH3 is 1. The Hall–Kier alpha value is -4.31. The lowest BCUT2D eigenvalue weighted by molar-refractivity contribution is -0.376. The van der Waals surface area contributed by atoms with Crippen LogP contribution in [0.5, 0.6) is 5.75 Å². The first-order chi connectivity index (χ1) is 22.4. The highest BCUT2D eigenvalue weighted by atomic mass is 32.2. The first-order valence-electron chi connectivity index (χ1n) is 14.7. The summed E-state index contributed by atoms with van der Waals surface area (Å²) in [7, 11) is -3.03. The molecule has 2 aliphatic heterocycles. The molecule has 0 aliphatic carbocycles. The number of fused-ring (bicyclic) bond motifs is 1. The third-order valence-corrected chi connectivity index (χ3v) is 10.4. The molecule has 2 N–H and O–H groups in total. The average Bonchev–Trinajstić information content (AvgIpc) is 3.38. The van der Waals surface area contributed by atoms with Crippen molar-refractivity contribution in [2.45, 2.75) is 67.5 Å². The molecule has 5 rings (SSSR count). The Bertz CT molecular complexity index is 1800. The first-order valence-corrected chi connectivity index (χ1v) is 16.1. The van der Waals surface area contributed by atoms with Crippen LogP contribution in [0.4, 0.5) is 37.7 Å². The monoisotopic (exact) mass is 699 g/mol. The van der Waals surface area contributed by atoms with Gasteiger partial charge in [0, 0.05) is 36.7 Å². The molecule has 48 heavy (non-hydrogen) atoms. The summed E-state index contributed by atoms with van der Waals surface area (Å²) < 4.78 is 116. The van der Waals surface area contributed by atoms with Gasteiger partial charge in [-0.15, -0.1) is 0 Å². The van der Waals surface area contributed by atoms with Crippen LogP contribution < -0.4 is 19.3 Å². The molecule has 2 aliphatic rings. The fourth-order valence-electron chi connectivity index (χ4n) is 6.02. The number of hydrogen-bond donors (Lipinski definition) is 2. The molecule has 0 aromatic heterocycles. The van der Waals surface area contributed by atoms with E-state index in [4.69, 9.17) is 4.74 Å². The van der Waals surface area contributed by atoms with Crippen molar-refractivity contribution in [3.8, 4) is 5.75 Å². The molecule has 1 fully saturated rings. The van der Waals surface area contributed by atoms with Gasteiger partial charge in [0.25, 0.3) is 15.6 Å². The van der Waals surface area contributed by atoms with Gasteiger partial charge in [0.2, 0.25) is 11.8 Å². The quantitative estimate of drug-likeness (QED) is 0.315. The Labute approximate surface area is 272 Å². The van der Waals surface area contributed by atoms with Gasteiger partial charge in [-0.2, -0.15) is 26.3 Å². The Morgan fingerprint density at radius 1 is 1.00 bits per heavy atom. The second-order valence-corrected chi connectivity index (χ2v) is 13.5. The Morgan fingerprint density at radius 2 is 1.67 bits per heavy atom. The number of nitrogens with one attached hydrogen (secondary N) is 1. The normalized spacial score (nSPS) is 18.9. The van der Waals surface area contributed by atoms with E-state index >= 15 is 0 Å². The number of halogens is 6. The van der Waals surface area contributed by atoms with Gasteiger partial charge in [-0.25, -0.2) is 8.42 Å². The minimum atomic E-state index is -6.13.